The number of hydrogen-bond donors (Lipinski definition) is 2. The van der Waals surface area contributed by atoms with E-state index in [1.807, 2.05) is 18.4 Å². The van der Waals surface area contributed by atoms with Crippen LogP contribution in [0, 0.1) is 6.92 Å². The first-order chi connectivity index (χ1) is 9.96. The molecule has 1 heterocycles. The smallest absolute Gasteiger partial charge is 0.265 e. The van der Waals surface area contributed by atoms with Crippen molar-refractivity contribution in [2.75, 3.05) is 18.0 Å². The van der Waals surface area contributed by atoms with E-state index in [2.05, 4.69) is 10.0 Å². The third kappa shape index (κ3) is 3.81. The Morgan fingerprint density at radius 1 is 1.24 bits per heavy atom. The third-order valence-corrected chi connectivity index (χ3v) is 5.14. The number of hydrogen-bond acceptors (Lipinski definition) is 5. The monoisotopic (exact) mass is 326 g/mol. The van der Waals surface area contributed by atoms with Crippen LogP contribution in [0.2, 0.25) is 0 Å². The predicted octanol–water partition coefficient (Wildman–Crippen LogP) is 2.83. The molecular weight excluding hydrogens is 308 g/mol. The van der Waals surface area contributed by atoms with Gasteiger partial charge in [-0.25, -0.2) is 8.42 Å². The lowest BCUT2D eigenvalue weighted by Crippen LogP contribution is -2.13. The summed E-state index contributed by atoms with van der Waals surface area (Å²) in [6.07, 6.45) is 1.97. The largest absolute Gasteiger partial charge is 0.464 e. The van der Waals surface area contributed by atoms with Crippen molar-refractivity contribution in [1.82, 2.24) is 5.32 Å². The van der Waals surface area contributed by atoms with Crippen molar-refractivity contribution in [2.24, 2.45) is 0 Å². The van der Waals surface area contributed by atoms with Gasteiger partial charge in [-0.1, -0.05) is 0 Å². The van der Waals surface area contributed by atoms with Gasteiger partial charge in [0.1, 0.15) is 16.4 Å². The zero-order chi connectivity index (χ0) is 15.5. The van der Waals surface area contributed by atoms with Gasteiger partial charge in [0, 0.05) is 16.6 Å². The Balaban J connectivity index is 2.24. The second-order valence-corrected chi connectivity index (χ2v) is 7.03. The molecule has 0 aliphatic carbocycles. The quantitative estimate of drug-likeness (QED) is 0.799. The van der Waals surface area contributed by atoms with E-state index >= 15 is 0 Å². The third-order valence-electron chi connectivity index (χ3n) is 2.91. The van der Waals surface area contributed by atoms with Crippen molar-refractivity contribution < 1.29 is 12.8 Å². The van der Waals surface area contributed by atoms with E-state index in [9.17, 15) is 8.42 Å². The van der Waals surface area contributed by atoms with Crippen molar-refractivity contribution in [1.29, 1.82) is 0 Å². The fraction of sp³-hybridized carbons (Fsp3) is 0.286. The molecule has 2 aromatic rings. The average molecular weight is 326 g/mol. The molecule has 0 aliphatic heterocycles. The highest BCUT2D eigenvalue weighted by Gasteiger charge is 2.21. The minimum atomic E-state index is -3.64. The summed E-state index contributed by atoms with van der Waals surface area (Å²) in [4.78, 5) is 1.25. The van der Waals surface area contributed by atoms with E-state index in [1.165, 1.54) is 0 Å². The first-order valence-electron chi connectivity index (χ1n) is 6.37. The number of thioether (sulfide) groups is 1. The molecule has 0 atom stereocenters. The van der Waals surface area contributed by atoms with Crippen LogP contribution in [0.3, 0.4) is 0 Å². The molecule has 0 radical (unpaired) electrons. The molecule has 114 valence electrons. The average Bonchev–Trinajstić information content (AvgIpc) is 2.81. The highest BCUT2D eigenvalue weighted by Crippen LogP contribution is 2.24. The van der Waals surface area contributed by atoms with E-state index in [0.29, 0.717) is 23.8 Å². The molecule has 5 nitrogen and oxygen atoms in total. The zero-order valence-corrected chi connectivity index (χ0v) is 13.8. The molecule has 0 saturated carbocycles. The van der Waals surface area contributed by atoms with Crippen LogP contribution in [-0.4, -0.2) is 21.7 Å². The standard InChI is InChI=1S/C14H18N2O3S2/c1-10-14(8-12(19-10)9-15-2)21(17,18)16-11-4-6-13(20-3)7-5-11/h4-8,15-16H,9H2,1-3H3. The molecule has 2 rings (SSSR count). The van der Waals surface area contributed by atoms with Gasteiger partial charge < -0.3 is 9.73 Å². The van der Waals surface area contributed by atoms with Gasteiger partial charge in [-0.2, -0.15) is 0 Å². The number of nitrogens with one attached hydrogen (secondary N) is 2. The van der Waals surface area contributed by atoms with E-state index in [-0.39, 0.29) is 4.90 Å². The lowest BCUT2D eigenvalue weighted by atomic mass is 10.3. The Hall–Kier alpha value is -1.44. The fourth-order valence-electron chi connectivity index (χ4n) is 1.92. The van der Waals surface area contributed by atoms with Crippen LogP contribution < -0.4 is 10.0 Å². The summed E-state index contributed by atoms with van der Waals surface area (Å²) in [5.74, 6) is 0.974. The topological polar surface area (TPSA) is 71.3 Å². The molecule has 0 aliphatic rings. The Bertz CT molecular complexity index is 706. The van der Waals surface area contributed by atoms with Gasteiger partial charge in [-0.3, -0.25) is 4.72 Å². The Morgan fingerprint density at radius 2 is 1.90 bits per heavy atom. The van der Waals surface area contributed by atoms with Crippen molar-refractivity contribution in [3.63, 3.8) is 0 Å². The van der Waals surface area contributed by atoms with Crippen LogP contribution in [0.25, 0.3) is 0 Å². The summed E-state index contributed by atoms with van der Waals surface area (Å²) >= 11 is 1.60. The minimum Gasteiger partial charge on any atom is -0.464 e. The normalized spacial score (nSPS) is 11.6. The van der Waals surface area contributed by atoms with Gasteiger partial charge in [0.25, 0.3) is 10.0 Å². The van der Waals surface area contributed by atoms with Gasteiger partial charge in [0.05, 0.1) is 6.54 Å². The summed E-state index contributed by atoms with van der Waals surface area (Å²) in [6.45, 7) is 2.13. The Morgan fingerprint density at radius 3 is 2.48 bits per heavy atom. The number of anilines is 1. The van der Waals surface area contributed by atoms with Crippen LogP contribution in [-0.2, 0) is 16.6 Å². The van der Waals surface area contributed by atoms with Crippen LogP contribution in [0.15, 0.2) is 44.5 Å². The molecule has 0 spiro atoms. The van der Waals surface area contributed by atoms with E-state index < -0.39 is 10.0 Å². The number of furan rings is 1. The summed E-state index contributed by atoms with van der Waals surface area (Å²) in [5.41, 5.74) is 0.531. The highest BCUT2D eigenvalue weighted by atomic mass is 32.2. The number of benzene rings is 1. The summed E-state index contributed by atoms with van der Waals surface area (Å²) in [5, 5.41) is 2.93. The van der Waals surface area contributed by atoms with Crippen molar-refractivity contribution in [3.8, 4) is 0 Å². The summed E-state index contributed by atoms with van der Waals surface area (Å²) in [6, 6.07) is 8.78. The Labute approximate surface area is 129 Å². The second-order valence-electron chi connectivity index (χ2n) is 4.50. The summed E-state index contributed by atoms with van der Waals surface area (Å²) < 4.78 is 32.8. The van der Waals surface area contributed by atoms with Gasteiger partial charge in [-0.15, -0.1) is 11.8 Å². The lowest BCUT2D eigenvalue weighted by Gasteiger charge is -2.07. The molecule has 7 heteroatoms. The maximum absolute atomic E-state index is 12.4. The van der Waals surface area contributed by atoms with E-state index in [1.54, 1.807) is 43.9 Å². The number of rotatable bonds is 6. The van der Waals surface area contributed by atoms with Crippen molar-refractivity contribution in [3.05, 3.63) is 41.9 Å². The van der Waals surface area contributed by atoms with E-state index in [4.69, 9.17) is 4.42 Å². The van der Waals surface area contributed by atoms with Crippen molar-refractivity contribution >= 4 is 27.5 Å². The molecule has 0 fully saturated rings. The predicted molar refractivity (Wildman–Crippen MR) is 85.2 cm³/mol. The Kier molecular flexibility index (Phi) is 4.97. The van der Waals surface area contributed by atoms with Gasteiger partial charge in [0.2, 0.25) is 0 Å². The first kappa shape index (κ1) is 15.9. The molecule has 1 aromatic carbocycles. The van der Waals surface area contributed by atoms with Crippen LogP contribution in [0.4, 0.5) is 5.69 Å². The molecule has 21 heavy (non-hydrogen) atoms. The molecular formula is C14H18N2O3S2. The molecule has 0 amide bonds. The number of aryl methyl sites for hydroxylation is 1. The maximum Gasteiger partial charge on any atom is 0.265 e. The highest BCUT2D eigenvalue weighted by molar-refractivity contribution is 7.98. The van der Waals surface area contributed by atoms with Crippen LogP contribution >= 0.6 is 11.8 Å². The molecule has 0 bridgehead atoms. The van der Waals surface area contributed by atoms with Crippen molar-refractivity contribution in [2.45, 2.75) is 23.3 Å². The molecule has 2 N–H and O–H groups in total. The summed E-state index contributed by atoms with van der Waals surface area (Å²) in [7, 11) is -1.86. The SMILES string of the molecule is CNCc1cc(S(=O)(=O)Nc2ccc(SC)cc2)c(C)o1. The zero-order valence-electron chi connectivity index (χ0n) is 12.1. The molecule has 1 aromatic heterocycles. The van der Waals surface area contributed by atoms with Crippen LogP contribution in [0.1, 0.15) is 11.5 Å². The second kappa shape index (κ2) is 6.55. The lowest BCUT2D eigenvalue weighted by molar-refractivity contribution is 0.466. The minimum absolute atomic E-state index is 0.168. The fourth-order valence-corrected chi connectivity index (χ4v) is 3.59. The van der Waals surface area contributed by atoms with Gasteiger partial charge in [-0.05, 0) is 44.5 Å². The number of sulfonamides is 1. The van der Waals surface area contributed by atoms with Gasteiger partial charge >= 0.3 is 0 Å². The molecule has 0 saturated heterocycles. The maximum atomic E-state index is 12.4. The molecule has 0 unspecified atom stereocenters. The van der Waals surface area contributed by atoms with Crippen LogP contribution in [0.5, 0.6) is 0 Å². The van der Waals surface area contributed by atoms with E-state index in [0.717, 1.165) is 4.90 Å². The first-order valence-corrected chi connectivity index (χ1v) is 9.08. The van der Waals surface area contributed by atoms with Gasteiger partial charge in [0.15, 0.2) is 0 Å².